The monoisotopic (exact) mass is 348 g/mol. The summed E-state index contributed by atoms with van der Waals surface area (Å²) in [7, 11) is -9.74. The molecule has 10 nitrogen and oxygen atoms in total. The van der Waals surface area contributed by atoms with Gasteiger partial charge in [-0.05, 0) is 12.1 Å². The van der Waals surface area contributed by atoms with Gasteiger partial charge >= 0.3 is 0 Å². The molecule has 4 N–H and O–H groups in total. The number of hydrogen-bond acceptors (Lipinski definition) is 7. The zero-order valence-corrected chi connectivity index (χ0v) is 12.1. The van der Waals surface area contributed by atoms with Gasteiger partial charge < -0.3 is 5.73 Å². The fourth-order valence-electron chi connectivity index (χ4n) is 1.97. The molecule has 2 rings (SSSR count). The van der Waals surface area contributed by atoms with E-state index in [9.17, 15) is 31.5 Å². The molecule has 0 spiro atoms. The summed E-state index contributed by atoms with van der Waals surface area (Å²) in [6.07, 6.45) is 0. The summed E-state index contributed by atoms with van der Waals surface area (Å²) in [5.74, 6) is 0. The van der Waals surface area contributed by atoms with Crippen molar-refractivity contribution in [2.45, 2.75) is 9.79 Å². The maximum Gasteiger partial charge on any atom is 0.295 e. The highest BCUT2D eigenvalue weighted by atomic mass is 32.2. The van der Waals surface area contributed by atoms with Crippen LogP contribution < -0.4 is 5.73 Å². The molecule has 0 atom stereocenters. The van der Waals surface area contributed by atoms with Crippen LogP contribution in [0.15, 0.2) is 34.1 Å². The first kappa shape index (κ1) is 16.1. The summed E-state index contributed by atoms with van der Waals surface area (Å²) in [5.41, 5.74) is 4.53. The van der Waals surface area contributed by atoms with E-state index in [1.54, 1.807) is 0 Å². The van der Waals surface area contributed by atoms with Crippen molar-refractivity contribution in [3.8, 4) is 0 Å². The molecule has 0 saturated heterocycles. The van der Waals surface area contributed by atoms with Gasteiger partial charge in [-0.25, -0.2) is 0 Å². The van der Waals surface area contributed by atoms with Crippen LogP contribution in [0.1, 0.15) is 0 Å². The number of anilines is 1. The van der Waals surface area contributed by atoms with Crippen LogP contribution in [-0.2, 0) is 20.2 Å². The third-order valence-corrected chi connectivity index (χ3v) is 4.61. The van der Waals surface area contributed by atoms with Crippen LogP contribution in [-0.4, -0.2) is 30.9 Å². The maximum atomic E-state index is 11.4. The Hall–Kier alpha value is -2.28. The van der Waals surface area contributed by atoms with Crippen LogP contribution in [0.4, 0.5) is 11.4 Å². The van der Waals surface area contributed by atoms with Crippen molar-refractivity contribution < 1.29 is 30.9 Å². The summed E-state index contributed by atoms with van der Waals surface area (Å²) >= 11 is 0. The first-order valence-electron chi connectivity index (χ1n) is 5.38. The molecule has 0 amide bonds. The van der Waals surface area contributed by atoms with Crippen molar-refractivity contribution in [3.05, 3.63) is 34.4 Å². The van der Waals surface area contributed by atoms with Crippen LogP contribution in [0.2, 0.25) is 0 Å². The Kier molecular flexibility index (Phi) is 3.57. The highest BCUT2D eigenvalue weighted by Gasteiger charge is 2.25. The highest BCUT2D eigenvalue weighted by Crippen LogP contribution is 2.36. The van der Waals surface area contributed by atoms with Gasteiger partial charge in [0.2, 0.25) is 0 Å². The van der Waals surface area contributed by atoms with Crippen LogP contribution in [0.3, 0.4) is 0 Å². The molecule has 2 aromatic carbocycles. The van der Waals surface area contributed by atoms with Crippen molar-refractivity contribution in [2.24, 2.45) is 0 Å². The van der Waals surface area contributed by atoms with Crippen LogP contribution in [0, 0.1) is 10.1 Å². The fourth-order valence-corrected chi connectivity index (χ4v) is 3.40. The van der Waals surface area contributed by atoms with E-state index in [4.69, 9.17) is 10.3 Å². The lowest BCUT2D eigenvalue weighted by Gasteiger charge is -2.10. The van der Waals surface area contributed by atoms with E-state index in [2.05, 4.69) is 0 Å². The number of nitro benzene ring substituents is 1. The minimum atomic E-state index is -4.93. The van der Waals surface area contributed by atoms with Gasteiger partial charge in [-0.2, -0.15) is 16.8 Å². The van der Waals surface area contributed by atoms with Gasteiger partial charge in [-0.3, -0.25) is 19.2 Å². The third-order valence-electron chi connectivity index (χ3n) is 2.82. The molecule has 0 aliphatic carbocycles. The van der Waals surface area contributed by atoms with Crippen molar-refractivity contribution >= 4 is 42.4 Å². The summed E-state index contributed by atoms with van der Waals surface area (Å²) in [6, 6.07) is 3.14. The van der Waals surface area contributed by atoms with Crippen LogP contribution in [0.25, 0.3) is 10.8 Å². The average molecular weight is 348 g/mol. The lowest BCUT2D eigenvalue weighted by atomic mass is 10.1. The lowest BCUT2D eigenvalue weighted by molar-refractivity contribution is -0.384. The SMILES string of the molecule is Nc1ccc(S(=O)(=O)O)c2cc([N+](=O)[O-])cc(S(=O)(=O)O)c12. The number of rotatable bonds is 3. The Bertz CT molecular complexity index is 1010. The van der Waals surface area contributed by atoms with E-state index in [1.807, 2.05) is 0 Å². The second-order valence-electron chi connectivity index (χ2n) is 4.23. The van der Waals surface area contributed by atoms with E-state index in [1.165, 1.54) is 0 Å². The third kappa shape index (κ3) is 2.71. The first-order chi connectivity index (χ1) is 9.93. The number of hydrogen-bond donors (Lipinski definition) is 3. The van der Waals surface area contributed by atoms with E-state index in [0.717, 1.165) is 18.2 Å². The number of nitrogens with two attached hydrogens (primary N) is 1. The Morgan fingerprint density at radius 2 is 1.55 bits per heavy atom. The summed E-state index contributed by atoms with van der Waals surface area (Å²) in [6.45, 7) is 0. The van der Waals surface area contributed by atoms with Crippen molar-refractivity contribution in [1.82, 2.24) is 0 Å². The molecule has 2 aromatic rings. The standard InChI is InChI=1S/C10H8N2O8S2/c11-7-1-2-8(21(15,16)17)6-3-5(12(13)14)4-9(10(6)7)22(18,19)20/h1-4H,11H2,(H,15,16,17)(H,18,19,20). The van der Waals surface area contributed by atoms with Crippen molar-refractivity contribution in [2.75, 3.05) is 5.73 Å². The van der Waals surface area contributed by atoms with Crippen LogP contribution >= 0.6 is 0 Å². The number of benzene rings is 2. The Morgan fingerprint density at radius 3 is 2.00 bits per heavy atom. The molecule has 0 fully saturated rings. The van der Waals surface area contributed by atoms with Gasteiger partial charge in [0.25, 0.3) is 25.9 Å². The second-order valence-corrected chi connectivity index (χ2v) is 7.01. The molecule has 0 unspecified atom stereocenters. The molecule has 118 valence electrons. The van der Waals surface area contributed by atoms with Gasteiger partial charge in [0, 0.05) is 28.6 Å². The molecule has 0 heterocycles. The summed E-state index contributed by atoms with van der Waals surface area (Å²) in [4.78, 5) is 8.17. The number of fused-ring (bicyclic) bond motifs is 1. The van der Waals surface area contributed by atoms with Crippen LogP contribution in [0.5, 0.6) is 0 Å². The Morgan fingerprint density at radius 1 is 1.00 bits per heavy atom. The molecule has 0 aliphatic heterocycles. The van der Waals surface area contributed by atoms with Gasteiger partial charge in [0.1, 0.15) is 9.79 Å². The predicted octanol–water partition coefficient (Wildman–Crippen LogP) is 0.824. The Balaban J connectivity index is 3.19. The summed E-state index contributed by atoms with van der Waals surface area (Å²) in [5, 5.41) is 9.92. The second kappa shape index (κ2) is 4.88. The van der Waals surface area contributed by atoms with Gasteiger partial charge in [0.15, 0.2) is 0 Å². The lowest BCUT2D eigenvalue weighted by Crippen LogP contribution is -2.06. The molecule has 22 heavy (non-hydrogen) atoms. The number of nitro groups is 1. The summed E-state index contributed by atoms with van der Waals surface area (Å²) < 4.78 is 63.8. The molecular weight excluding hydrogens is 340 g/mol. The predicted molar refractivity (Wildman–Crippen MR) is 74.6 cm³/mol. The fraction of sp³-hybridized carbons (Fsp3) is 0. The molecular formula is C10H8N2O8S2. The van der Waals surface area contributed by atoms with Gasteiger partial charge in [0.05, 0.1) is 4.92 Å². The molecule has 0 aliphatic rings. The van der Waals surface area contributed by atoms with E-state index >= 15 is 0 Å². The zero-order valence-electron chi connectivity index (χ0n) is 10.5. The van der Waals surface area contributed by atoms with E-state index in [-0.39, 0.29) is 5.69 Å². The molecule has 0 bridgehead atoms. The van der Waals surface area contributed by atoms with Crippen molar-refractivity contribution in [1.29, 1.82) is 0 Å². The van der Waals surface area contributed by atoms with Gasteiger partial charge in [-0.1, -0.05) is 0 Å². The maximum absolute atomic E-state index is 11.4. The minimum Gasteiger partial charge on any atom is -0.398 e. The van der Waals surface area contributed by atoms with E-state index < -0.39 is 51.4 Å². The van der Waals surface area contributed by atoms with Crippen molar-refractivity contribution in [3.63, 3.8) is 0 Å². The topological polar surface area (TPSA) is 178 Å². The van der Waals surface area contributed by atoms with Gasteiger partial charge in [-0.15, -0.1) is 0 Å². The largest absolute Gasteiger partial charge is 0.398 e. The smallest absolute Gasteiger partial charge is 0.295 e. The number of nitrogens with zero attached hydrogens (tertiary/aromatic N) is 1. The molecule has 0 radical (unpaired) electrons. The number of nitrogen functional groups attached to an aromatic ring is 1. The number of non-ortho nitro benzene ring substituents is 1. The minimum absolute atomic E-state index is 0.245. The molecule has 12 heteroatoms. The zero-order chi connectivity index (χ0) is 16.9. The first-order valence-corrected chi connectivity index (χ1v) is 8.26. The highest BCUT2D eigenvalue weighted by molar-refractivity contribution is 7.86. The van der Waals surface area contributed by atoms with E-state index in [0.29, 0.717) is 6.07 Å². The average Bonchev–Trinajstić information content (AvgIpc) is 2.35. The molecule has 0 aromatic heterocycles. The Labute approximate surface area is 123 Å². The quantitative estimate of drug-likeness (QED) is 0.313. The normalized spacial score (nSPS) is 12.5. The molecule has 0 saturated carbocycles.